The van der Waals surface area contributed by atoms with Crippen LogP contribution in [0.2, 0.25) is 0 Å². The Balaban J connectivity index is 2.85. The summed E-state index contributed by atoms with van der Waals surface area (Å²) in [5, 5.41) is 9.13. The van der Waals surface area contributed by atoms with E-state index in [-0.39, 0.29) is 28.6 Å². The maximum Gasteiger partial charge on any atom is 0.264 e. The lowest BCUT2D eigenvalue weighted by atomic mass is 9.91. The Kier molecular flexibility index (Phi) is 4.88. The van der Waals surface area contributed by atoms with Gasteiger partial charge in [0.05, 0.1) is 0 Å². The summed E-state index contributed by atoms with van der Waals surface area (Å²) in [4.78, 5) is 25.4. The monoisotopic (exact) mass is 262 g/mol. The number of hydrogen-bond acceptors (Lipinski definition) is 3. The number of likely N-dealkylation sites (tertiary alicyclic amines) is 1. The van der Waals surface area contributed by atoms with Gasteiger partial charge in [-0.25, -0.2) is 0 Å². The van der Waals surface area contributed by atoms with Crippen LogP contribution in [0.15, 0.2) is 11.6 Å². The van der Waals surface area contributed by atoms with Gasteiger partial charge >= 0.3 is 0 Å². The van der Waals surface area contributed by atoms with E-state index in [9.17, 15) is 9.59 Å². The molecule has 0 aromatic heterocycles. The van der Waals surface area contributed by atoms with Gasteiger partial charge in [-0.3, -0.25) is 9.59 Å². The van der Waals surface area contributed by atoms with Gasteiger partial charge < -0.3 is 4.90 Å². The molecular weight excluding hydrogens is 240 g/mol. The van der Waals surface area contributed by atoms with E-state index in [0.29, 0.717) is 13.1 Å². The minimum atomic E-state index is -0.247. The zero-order valence-corrected chi connectivity index (χ0v) is 12.2. The van der Waals surface area contributed by atoms with E-state index in [1.807, 2.05) is 26.8 Å². The lowest BCUT2D eigenvalue weighted by Crippen LogP contribution is -2.42. The molecular formula is C15H22N2O2. The summed E-state index contributed by atoms with van der Waals surface area (Å²) in [5.74, 6) is -0.202. The number of nitriles is 1. The van der Waals surface area contributed by atoms with Crippen molar-refractivity contribution >= 4 is 11.7 Å². The van der Waals surface area contributed by atoms with Crippen molar-refractivity contribution < 1.29 is 9.59 Å². The zero-order valence-electron chi connectivity index (χ0n) is 12.2. The molecule has 1 heterocycles. The summed E-state index contributed by atoms with van der Waals surface area (Å²) < 4.78 is 0. The third kappa shape index (κ3) is 4.51. The van der Waals surface area contributed by atoms with E-state index in [4.69, 9.17) is 5.26 Å². The van der Waals surface area contributed by atoms with E-state index in [0.717, 1.165) is 12.8 Å². The number of carbonyl (C=O) groups excluding carboxylic acids is 2. The largest absolute Gasteiger partial charge is 0.337 e. The first-order chi connectivity index (χ1) is 8.74. The maximum absolute atomic E-state index is 12.3. The van der Waals surface area contributed by atoms with Gasteiger partial charge in [0.25, 0.3) is 5.91 Å². The van der Waals surface area contributed by atoms with Crippen molar-refractivity contribution in [2.45, 2.75) is 40.5 Å². The lowest BCUT2D eigenvalue weighted by molar-refractivity contribution is -0.131. The fourth-order valence-corrected chi connectivity index (χ4v) is 2.24. The topological polar surface area (TPSA) is 61.2 Å². The minimum Gasteiger partial charge on any atom is -0.337 e. The van der Waals surface area contributed by atoms with Crippen molar-refractivity contribution in [1.29, 1.82) is 5.26 Å². The normalized spacial score (nSPS) is 20.9. The van der Waals surface area contributed by atoms with Gasteiger partial charge in [0, 0.05) is 19.0 Å². The van der Waals surface area contributed by atoms with Crippen LogP contribution < -0.4 is 0 Å². The van der Waals surface area contributed by atoms with Crippen molar-refractivity contribution in [2.75, 3.05) is 13.1 Å². The molecule has 19 heavy (non-hydrogen) atoms. The molecule has 0 saturated carbocycles. The highest BCUT2D eigenvalue weighted by Gasteiger charge is 2.28. The average molecular weight is 262 g/mol. The van der Waals surface area contributed by atoms with Gasteiger partial charge in [-0.15, -0.1) is 0 Å². The molecule has 1 aliphatic heterocycles. The van der Waals surface area contributed by atoms with Gasteiger partial charge in [0.2, 0.25) is 0 Å². The SMILES string of the molecule is CC(=O)C1CCCN(C(=O)/C(C#N)=C/C(C)(C)C)C1. The van der Waals surface area contributed by atoms with E-state index in [1.54, 1.807) is 17.9 Å². The summed E-state index contributed by atoms with van der Waals surface area (Å²) in [6.07, 6.45) is 3.36. The van der Waals surface area contributed by atoms with E-state index >= 15 is 0 Å². The van der Waals surface area contributed by atoms with Crippen LogP contribution in [0, 0.1) is 22.7 Å². The van der Waals surface area contributed by atoms with Gasteiger partial charge in [0.15, 0.2) is 0 Å². The quantitative estimate of drug-likeness (QED) is 0.566. The Labute approximate surface area is 115 Å². The van der Waals surface area contributed by atoms with Crippen LogP contribution in [-0.2, 0) is 9.59 Å². The molecule has 1 atom stereocenters. The second-order valence-corrected chi connectivity index (χ2v) is 6.24. The Bertz CT molecular complexity index is 438. The number of ketones is 1. The van der Waals surface area contributed by atoms with Gasteiger partial charge in [-0.1, -0.05) is 26.8 Å². The van der Waals surface area contributed by atoms with Crippen LogP contribution in [0.4, 0.5) is 0 Å². The number of amides is 1. The fraction of sp³-hybridized carbons (Fsp3) is 0.667. The van der Waals surface area contributed by atoms with Crippen LogP contribution in [0.25, 0.3) is 0 Å². The maximum atomic E-state index is 12.3. The summed E-state index contributed by atoms with van der Waals surface area (Å²) in [6, 6.07) is 1.98. The summed E-state index contributed by atoms with van der Waals surface area (Å²) in [7, 11) is 0. The molecule has 1 aliphatic rings. The van der Waals surface area contributed by atoms with Crippen molar-refractivity contribution in [3.63, 3.8) is 0 Å². The van der Waals surface area contributed by atoms with Crippen LogP contribution in [0.3, 0.4) is 0 Å². The van der Waals surface area contributed by atoms with Crippen molar-refractivity contribution in [2.24, 2.45) is 11.3 Å². The van der Waals surface area contributed by atoms with Gasteiger partial charge in [-0.2, -0.15) is 5.26 Å². The van der Waals surface area contributed by atoms with Gasteiger partial charge in [-0.05, 0) is 25.2 Å². The molecule has 4 heteroatoms. The molecule has 1 saturated heterocycles. The molecule has 0 N–H and O–H groups in total. The second kappa shape index (κ2) is 6.01. The second-order valence-electron chi connectivity index (χ2n) is 6.24. The number of nitrogens with zero attached hydrogens (tertiary/aromatic N) is 2. The first-order valence-electron chi connectivity index (χ1n) is 6.67. The number of hydrogen-bond donors (Lipinski definition) is 0. The molecule has 0 aliphatic carbocycles. The molecule has 1 unspecified atom stereocenters. The third-order valence-corrected chi connectivity index (χ3v) is 3.21. The van der Waals surface area contributed by atoms with E-state index < -0.39 is 0 Å². The Morgan fingerprint density at radius 3 is 2.47 bits per heavy atom. The molecule has 1 fully saturated rings. The average Bonchev–Trinajstić information content (AvgIpc) is 2.34. The highest BCUT2D eigenvalue weighted by Crippen LogP contribution is 2.22. The molecule has 1 amide bonds. The van der Waals surface area contributed by atoms with Crippen LogP contribution in [0.1, 0.15) is 40.5 Å². The summed E-state index contributed by atoms with van der Waals surface area (Å²) in [6.45, 7) is 8.49. The van der Waals surface area contributed by atoms with Crippen molar-refractivity contribution in [1.82, 2.24) is 4.90 Å². The number of allylic oxidation sites excluding steroid dienone is 1. The highest BCUT2D eigenvalue weighted by molar-refractivity contribution is 5.97. The highest BCUT2D eigenvalue weighted by atomic mass is 16.2. The first kappa shape index (κ1) is 15.4. The molecule has 0 radical (unpaired) electrons. The predicted octanol–water partition coefficient (Wildman–Crippen LogP) is 2.31. The predicted molar refractivity (Wildman–Crippen MR) is 73.1 cm³/mol. The number of rotatable bonds is 2. The van der Waals surface area contributed by atoms with Crippen molar-refractivity contribution in [3.05, 3.63) is 11.6 Å². The van der Waals surface area contributed by atoms with E-state index in [1.165, 1.54) is 0 Å². The Morgan fingerprint density at radius 2 is 2.00 bits per heavy atom. The number of carbonyl (C=O) groups is 2. The molecule has 0 aromatic carbocycles. The van der Waals surface area contributed by atoms with Crippen LogP contribution in [-0.4, -0.2) is 29.7 Å². The minimum absolute atomic E-state index is 0.0766. The van der Waals surface area contributed by atoms with E-state index in [2.05, 4.69) is 0 Å². The molecule has 0 spiro atoms. The smallest absolute Gasteiger partial charge is 0.264 e. The molecule has 1 rings (SSSR count). The first-order valence-corrected chi connectivity index (χ1v) is 6.67. The summed E-state index contributed by atoms with van der Waals surface area (Å²) >= 11 is 0. The molecule has 0 aromatic rings. The fourth-order valence-electron chi connectivity index (χ4n) is 2.24. The standard InChI is InChI=1S/C15H22N2O2/c1-11(18)12-6-5-7-17(10-12)14(19)13(9-16)8-15(2,3)4/h8,12H,5-7,10H2,1-4H3/b13-8+. The molecule has 104 valence electrons. The van der Waals surface area contributed by atoms with Crippen LogP contribution in [0.5, 0.6) is 0 Å². The number of Topliss-reactive ketones (excluding diaryl/α,β-unsaturated/α-hetero) is 1. The third-order valence-electron chi connectivity index (χ3n) is 3.21. The van der Waals surface area contributed by atoms with Crippen molar-refractivity contribution in [3.8, 4) is 6.07 Å². The van der Waals surface area contributed by atoms with Crippen LogP contribution >= 0.6 is 0 Å². The Hall–Kier alpha value is -1.63. The summed E-state index contributed by atoms with van der Waals surface area (Å²) in [5.41, 5.74) is -0.0343. The zero-order chi connectivity index (χ0) is 14.6. The number of piperidine rings is 1. The Morgan fingerprint density at radius 1 is 1.37 bits per heavy atom. The molecule has 4 nitrogen and oxygen atoms in total. The lowest BCUT2D eigenvalue weighted by Gasteiger charge is -2.31. The van der Waals surface area contributed by atoms with Gasteiger partial charge in [0.1, 0.15) is 17.4 Å². The molecule has 0 bridgehead atoms.